The van der Waals surface area contributed by atoms with Crippen molar-refractivity contribution < 1.29 is 9.47 Å². The maximum absolute atomic E-state index is 6.11. The van der Waals surface area contributed by atoms with E-state index in [0.29, 0.717) is 0 Å². The summed E-state index contributed by atoms with van der Waals surface area (Å²) in [5.74, 6) is 0.971. The second-order valence-electron chi connectivity index (χ2n) is 7.51. The SMILES string of the molecule is C1=NC=[S+]C1=C1CN2CCC=C2c2cc(OCCCN3CCOCC3)ccc21. The zero-order valence-electron chi connectivity index (χ0n) is 16.1. The normalized spacial score (nSPS) is 23.7. The lowest BCUT2D eigenvalue weighted by Crippen LogP contribution is -2.37. The summed E-state index contributed by atoms with van der Waals surface area (Å²) >= 11 is 1.72. The van der Waals surface area contributed by atoms with Gasteiger partial charge >= 0.3 is 0 Å². The fraction of sp³-hybridized carbons (Fsp3) is 0.455. The van der Waals surface area contributed by atoms with Crippen molar-refractivity contribution in [3.8, 4) is 5.75 Å². The number of fused-ring (bicyclic) bond motifs is 3. The molecule has 0 radical (unpaired) electrons. The second-order valence-corrected chi connectivity index (χ2v) is 8.39. The maximum Gasteiger partial charge on any atom is 0.287 e. The number of morpholine rings is 1. The van der Waals surface area contributed by atoms with E-state index in [1.54, 1.807) is 11.4 Å². The molecule has 5 nitrogen and oxygen atoms in total. The first kappa shape index (κ1) is 18.0. The summed E-state index contributed by atoms with van der Waals surface area (Å²) in [6.45, 7) is 7.70. The molecule has 0 atom stereocenters. The minimum absolute atomic E-state index is 0.754. The second kappa shape index (κ2) is 8.15. The first-order valence-corrected chi connectivity index (χ1v) is 11.0. The lowest BCUT2D eigenvalue weighted by molar-refractivity contribution is 0.0358. The van der Waals surface area contributed by atoms with Crippen LogP contribution in [0.1, 0.15) is 24.0 Å². The van der Waals surface area contributed by atoms with Crippen LogP contribution in [0.15, 0.2) is 34.2 Å². The molecule has 0 amide bonds. The highest BCUT2D eigenvalue weighted by Crippen LogP contribution is 2.40. The molecule has 0 aromatic heterocycles. The molecule has 0 bridgehead atoms. The van der Waals surface area contributed by atoms with Crippen molar-refractivity contribution in [1.82, 2.24) is 9.80 Å². The standard InChI is InChI=1S/C22H26N3O2S/c1-3-21-19-13-17(27-10-2-6-24-8-11-26-12-9-24)4-5-18(19)20(15-25(21)7-1)22-14-23-16-28-22/h3-5,13-14,16H,1-2,6-12,15H2/q+1. The van der Waals surface area contributed by atoms with Crippen LogP contribution in [0.3, 0.4) is 0 Å². The lowest BCUT2D eigenvalue weighted by atomic mass is 9.92. The number of benzene rings is 1. The van der Waals surface area contributed by atoms with Gasteiger partial charge in [-0.25, -0.2) is 4.99 Å². The molecule has 6 heteroatoms. The van der Waals surface area contributed by atoms with Gasteiger partial charge in [0.2, 0.25) is 11.4 Å². The summed E-state index contributed by atoms with van der Waals surface area (Å²) in [4.78, 5) is 10.5. The van der Waals surface area contributed by atoms with Crippen molar-refractivity contribution in [1.29, 1.82) is 0 Å². The van der Waals surface area contributed by atoms with E-state index in [-0.39, 0.29) is 0 Å². The van der Waals surface area contributed by atoms with Gasteiger partial charge in [0.05, 0.1) is 26.0 Å². The molecule has 0 aliphatic carbocycles. The Balaban J connectivity index is 1.31. The minimum atomic E-state index is 0.754. The molecule has 0 saturated carbocycles. The molecule has 4 heterocycles. The first-order chi connectivity index (χ1) is 13.9. The minimum Gasteiger partial charge on any atom is -0.494 e. The van der Waals surface area contributed by atoms with E-state index in [1.807, 2.05) is 11.7 Å². The monoisotopic (exact) mass is 396 g/mol. The Labute approximate surface area is 170 Å². The molecular weight excluding hydrogens is 370 g/mol. The van der Waals surface area contributed by atoms with Crippen LogP contribution in [0.2, 0.25) is 0 Å². The Bertz CT molecular complexity index is 855. The third-order valence-corrected chi connectivity index (χ3v) is 6.57. The van der Waals surface area contributed by atoms with Gasteiger partial charge in [-0.15, -0.1) is 0 Å². The highest BCUT2D eigenvalue weighted by molar-refractivity contribution is 7.83. The Morgan fingerprint density at radius 3 is 2.93 bits per heavy atom. The average Bonchev–Trinajstić information content (AvgIpc) is 3.43. The van der Waals surface area contributed by atoms with Crippen LogP contribution < -0.4 is 4.74 Å². The van der Waals surface area contributed by atoms with E-state index in [4.69, 9.17) is 9.47 Å². The third-order valence-electron chi connectivity index (χ3n) is 5.74. The van der Waals surface area contributed by atoms with Crippen molar-refractivity contribution in [2.24, 2.45) is 4.99 Å². The lowest BCUT2D eigenvalue weighted by Gasteiger charge is -2.31. The van der Waals surface area contributed by atoms with Crippen LogP contribution in [-0.2, 0) is 16.1 Å². The molecule has 1 saturated heterocycles. The van der Waals surface area contributed by atoms with Crippen LogP contribution in [0.25, 0.3) is 11.3 Å². The predicted molar refractivity (Wildman–Crippen MR) is 117 cm³/mol. The quantitative estimate of drug-likeness (QED) is 0.435. The number of hydrogen-bond acceptors (Lipinski definition) is 5. The van der Waals surface area contributed by atoms with Crippen molar-refractivity contribution in [2.45, 2.75) is 12.8 Å². The zero-order chi connectivity index (χ0) is 18.8. The summed E-state index contributed by atoms with van der Waals surface area (Å²) in [5, 5.41) is 0. The number of rotatable bonds is 5. The number of nitrogens with zero attached hydrogens (tertiary/aromatic N) is 3. The van der Waals surface area contributed by atoms with Crippen LogP contribution in [0.5, 0.6) is 5.75 Å². The largest absolute Gasteiger partial charge is 0.494 e. The zero-order valence-corrected chi connectivity index (χ0v) is 16.9. The van der Waals surface area contributed by atoms with E-state index < -0.39 is 0 Å². The number of ether oxygens (including phenoxy) is 2. The fourth-order valence-electron chi connectivity index (χ4n) is 4.29. The first-order valence-electron chi connectivity index (χ1n) is 10.2. The number of allylic oxidation sites excluding steroid dienone is 1. The maximum atomic E-state index is 6.11. The van der Waals surface area contributed by atoms with Gasteiger partial charge in [0.25, 0.3) is 10.4 Å². The summed E-state index contributed by atoms with van der Waals surface area (Å²) in [5.41, 5.74) is 7.30. The molecule has 0 spiro atoms. The third kappa shape index (κ3) is 3.64. The highest BCUT2D eigenvalue weighted by atomic mass is 32.1. The summed E-state index contributed by atoms with van der Waals surface area (Å²) in [6.07, 6.45) is 6.52. The fourth-order valence-corrected chi connectivity index (χ4v) is 4.97. The van der Waals surface area contributed by atoms with Crippen molar-refractivity contribution in [2.75, 3.05) is 52.5 Å². The average molecular weight is 397 g/mol. The van der Waals surface area contributed by atoms with Gasteiger partial charge in [-0.1, -0.05) is 12.1 Å². The summed E-state index contributed by atoms with van der Waals surface area (Å²) < 4.78 is 11.5. The van der Waals surface area contributed by atoms with E-state index in [2.05, 4.69) is 39.1 Å². The van der Waals surface area contributed by atoms with Crippen LogP contribution in [0, 0.1) is 0 Å². The van der Waals surface area contributed by atoms with Crippen molar-refractivity contribution in [3.05, 3.63) is 40.3 Å². The molecule has 0 N–H and O–H groups in total. The summed E-state index contributed by atoms with van der Waals surface area (Å²) in [7, 11) is 0. The Kier molecular flexibility index (Phi) is 5.25. The van der Waals surface area contributed by atoms with Crippen molar-refractivity contribution >= 4 is 34.3 Å². The Hall–Kier alpha value is -2.02. The van der Waals surface area contributed by atoms with Gasteiger partial charge in [-0.05, 0) is 30.5 Å². The van der Waals surface area contributed by atoms with Gasteiger partial charge in [-0.3, -0.25) is 4.90 Å². The molecule has 1 aromatic carbocycles. The molecule has 146 valence electrons. The molecule has 0 unspecified atom stereocenters. The number of aliphatic imine (C=N–C) groups is 1. The van der Waals surface area contributed by atoms with Crippen LogP contribution in [0.4, 0.5) is 0 Å². The molecule has 1 aromatic rings. The van der Waals surface area contributed by atoms with Gasteiger partial charge in [0.1, 0.15) is 5.75 Å². The highest BCUT2D eigenvalue weighted by Gasteiger charge is 2.32. The molecule has 4 aliphatic rings. The molecule has 28 heavy (non-hydrogen) atoms. The van der Waals surface area contributed by atoms with Crippen LogP contribution >= 0.6 is 0 Å². The molecule has 1 fully saturated rings. The van der Waals surface area contributed by atoms with Gasteiger partial charge in [0, 0.05) is 49.6 Å². The smallest absolute Gasteiger partial charge is 0.287 e. The molecular formula is C22H26N3O2S+. The predicted octanol–water partition coefficient (Wildman–Crippen LogP) is 2.49. The molecule has 4 aliphatic heterocycles. The topological polar surface area (TPSA) is 37.3 Å². The van der Waals surface area contributed by atoms with Gasteiger partial charge in [-0.2, -0.15) is 0 Å². The Morgan fingerprint density at radius 2 is 2.07 bits per heavy atom. The van der Waals surface area contributed by atoms with Gasteiger partial charge in [0.15, 0.2) is 0 Å². The van der Waals surface area contributed by atoms with E-state index >= 15 is 0 Å². The van der Waals surface area contributed by atoms with E-state index in [0.717, 1.165) is 71.1 Å². The van der Waals surface area contributed by atoms with Gasteiger partial charge < -0.3 is 14.4 Å². The number of hydrogen-bond donors (Lipinski definition) is 0. The Morgan fingerprint density at radius 1 is 1.14 bits per heavy atom. The van der Waals surface area contributed by atoms with E-state index in [9.17, 15) is 0 Å². The molecule has 5 rings (SSSR count). The van der Waals surface area contributed by atoms with E-state index in [1.165, 1.54) is 27.3 Å². The van der Waals surface area contributed by atoms with Crippen molar-refractivity contribution in [3.63, 3.8) is 0 Å². The van der Waals surface area contributed by atoms with Crippen LogP contribution in [-0.4, -0.2) is 74.1 Å². The summed E-state index contributed by atoms with van der Waals surface area (Å²) in [6, 6.07) is 6.59.